The minimum atomic E-state index is 0.0804. The van der Waals surface area contributed by atoms with Crippen molar-refractivity contribution < 1.29 is 9.59 Å². The van der Waals surface area contributed by atoms with E-state index in [0.717, 1.165) is 46.1 Å². The lowest BCUT2D eigenvalue weighted by Crippen LogP contribution is -2.23. The molecular weight excluding hydrogens is 334 g/mol. The van der Waals surface area contributed by atoms with Crippen LogP contribution in [0.25, 0.3) is 0 Å². The Morgan fingerprint density at radius 2 is 2.00 bits per heavy atom. The van der Waals surface area contributed by atoms with Crippen LogP contribution in [0.1, 0.15) is 47.6 Å². The van der Waals surface area contributed by atoms with Crippen LogP contribution in [0.2, 0.25) is 0 Å². The van der Waals surface area contributed by atoms with Crippen molar-refractivity contribution in [3.8, 4) is 0 Å². The summed E-state index contributed by atoms with van der Waals surface area (Å²) in [7, 11) is 0. The van der Waals surface area contributed by atoms with Gasteiger partial charge in [0.1, 0.15) is 0 Å². The summed E-state index contributed by atoms with van der Waals surface area (Å²) in [6, 6.07) is 7.98. The topological polar surface area (TPSA) is 54.7 Å². The summed E-state index contributed by atoms with van der Waals surface area (Å²) in [6.07, 6.45) is 1.63. The first kappa shape index (κ1) is 17.6. The first-order valence-corrected chi connectivity index (χ1v) is 9.44. The molecule has 0 N–H and O–H groups in total. The van der Waals surface area contributed by atoms with Gasteiger partial charge in [-0.3, -0.25) is 9.59 Å². The van der Waals surface area contributed by atoms with E-state index in [9.17, 15) is 9.59 Å². The van der Waals surface area contributed by atoms with E-state index in [-0.39, 0.29) is 11.7 Å². The van der Waals surface area contributed by atoms with E-state index in [1.54, 1.807) is 6.92 Å². The zero-order valence-electron chi connectivity index (χ0n) is 14.9. The molecule has 1 fully saturated rings. The molecule has 2 aromatic rings. The molecule has 1 aliphatic heterocycles. The fraction of sp³-hybridized carbons (Fsp3) is 0.421. The number of likely N-dealkylation sites (tertiary alicyclic amines) is 1. The average Bonchev–Trinajstić information content (AvgIpc) is 3.12. The Bertz CT molecular complexity index is 862. The van der Waals surface area contributed by atoms with E-state index in [0.29, 0.717) is 13.0 Å². The van der Waals surface area contributed by atoms with Gasteiger partial charge in [-0.1, -0.05) is 23.5 Å². The minimum absolute atomic E-state index is 0.0804. The number of hydrogen-bond donors (Lipinski definition) is 0. The van der Waals surface area contributed by atoms with Crippen LogP contribution in [0, 0.1) is 6.92 Å². The summed E-state index contributed by atoms with van der Waals surface area (Å²) in [5, 5.41) is 0. The van der Waals surface area contributed by atoms with Gasteiger partial charge in [0.15, 0.2) is 10.6 Å². The smallest absolute Gasteiger partial charge is 0.222 e. The zero-order valence-corrected chi connectivity index (χ0v) is 15.7. The van der Waals surface area contributed by atoms with E-state index >= 15 is 0 Å². The molecule has 0 aliphatic carbocycles. The maximum absolute atomic E-state index is 11.8. The number of carbonyl (C=O) groups excluding carboxylic acids is 2. The molecule has 25 heavy (non-hydrogen) atoms. The maximum Gasteiger partial charge on any atom is 0.222 e. The van der Waals surface area contributed by atoms with Gasteiger partial charge in [-0.2, -0.15) is 0 Å². The van der Waals surface area contributed by atoms with Crippen LogP contribution in [-0.4, -0.2) is 27.7 Å². The average molecular weight is 357 g/mol. The van der Waals surface area contributed by atoms with Gasteiger partial charge in [-0.15, -0.1) is 0 Å². The summed E-state index contributed by atoms with van der Waals surface area (Å²) in [4.78, 5) is 31.7. The van der Waals surface area contributed by atoms with Crippen LogP contribution in [0.15, 0.2) is 29.3 Å². The van der Waals surface area contributed by atoms with Gasteiger partial charge in [0.2, 0.25) is 5.91 Å². The standard InChI is InChI=1S/C19H23N3O2S/c1-4-22-13(2)18(14(3)23)25-19(22)20-16-9-7-15(8-10-16)12-21-11-5-6-17(21)24/h7-10H,4-6,11-12H2,1-3H3/b20-19+. The molecule has 0 bridgehead atoms. The van der Waals surface area contributed by atoms with Crippen LogP contribution in [-0.2, 0) is 17.9 Å². The number of carbonyl (C=O) groups is 2. The maximum atomic E-state index is 11.8. The van der Waals surface area contributed by atoms with Crippen molar-refractivity contribution in [1.29, 1.82) is 0 Å². The number of ketones is 1. The Labute approximate surface area is 151 Å². The number of Topliss-reactive ketones (excluding diaryl/α,β-unsaturated/α-hetero) is 1. The van der Waals surface area contributed by atoms with Gasteiger partial charge >= 0.3 is 0 Å². The number of thiazole rings is 1. The van der Waals surface area contributed by atoms with Gasteiger partial charge in [-0.05, 0) is 38.0 Å². The van der Waals surface area contributed by atoms with E-state index in [4.69, 9.17) is 4.99 Å². The fourth-order valence-corrected chi connectivity index (χ4v) is 4.26. The molecule has 0 radical (unpaired) electrons. The lowest BCUT2D eigenvalue weighted by Gasteiger charge is -2.15. The molecule has 0 saturated carbocycles. The van der Waals surface area contributed by atoms with Gasteiger partial charge < -0.3 is 9.47 Å². The third-order valence-electron chi connectivity index (χ3n) is 4.50. The predicted molar refractivity (Wildman–Crippen MR) is 99.0 cm³/mol. The van der Waals surface area contributed by atoms with Crippen LogP contribution in [0.4, 0.5) is 5.69 Å². The molecule has 3 rings (SSSR count). The van der Waals surface area contributed by atoms with Crippen LogP contribution in [0.5, 0.6) is 0 Å². The highest BCUT2D eigenvalue weighted by Gasteiger charge is 2.19. The second-order valence-electron chi connectivity index (χ2n) is 6.30. The lowest BCUT2D eigenvalue weighted by atomic mass is 10.2. The molecule has 0 unspecified atom stereocenters. The molecule has 1 saturated heterocycles. The first-order valence-electron chi connectivity index (χ1n) is 8.62. The quantitative estimate of drug-likeness (QED) is 0.770. The summed E-state index contributed by atoms with van der Waals surface area (Å²) in [5.41, 5.74) is 2.95. The number of rotatable bonds is 5. The number of hydrogen-bond acceptors (Lipinski definition) is 4. The van der Waals surface area contributed by atoms with Gasteiger partial charge in [-0.25, -0.2) is 4.99 Å². The molecule has 132 valence electrons. The number of aromatic nitrogens is 1. The Morgan fingerprint density at radius 1 is 1.28 bits per heavy atom. The summed E-state index contributed by atoms with van der Waals surface area (Å²) < 4.78 is 2.07. The molecule has 5 nitrogen and oxygen atoms in total. The van der Waals surface area contributed by atoms with Crippen LogP contribution < -0.4 is 4.80 Å². The zero-order chi connectivity index (χ0) is 18.0. The van der Waals surface area contributed by atoms with Crippen molar-refractivity contribution in [3.63, 3.8) is 0 Å². The van der Waals surface area contributed by atoms with Gasteiger partial charge in [0.25, 0.3) is 0 Å². The number of benzene rings is 1. The highest BCUT2D eigenvalue weighted by molar-refractivity contribution is 7.11. The van der Waals surface area contributed by atoms with E-state index in [2.05, 4.69) is 11.5 Å². The largest absolute Gasteiger partial charge is 0.338 e. The van der Waals surface area contributed by atoms with Crippen molar-refractivity contribution in [2.24, 2.45) is 4.99 Å². The highest BCUT2D eigenvalue weighted by Crippen LogP contribution is 2.19. The van der Waals surface area contributed by atoms with Gasteiger partial charge in [0, 0.05) is 38.7 Å². The number of amides is 1. The monoisotopic (exact) mass is 357 g/mol. The molecule has 0 atom stereocenters. The van der Waals surface area contributed by atoms with Crippen molar-refractivity contribution in [2.75, 3.05) is 6.54 Å². The van der Waals surface area contributed by atoms with Gasteiger partial charge in [0.05, 0.1) is 10.6 Å². The summed E-state index contributed by atoms with van der Waals surface area (Å²) >= 11 is 1.44. The predicted octanol–water partition coefficient (Wildman–Crippen LogP) is 3.44. The number of nitrogens with zero attached hydrogens (tertiary/aromatic N) is 3. The fourth-order valence-electron chi connectivity index (χ4n) is 3.15. The second kappa shape index (κ2) is 7.35. The Balaban J connectivity index is 1.85. The van der Waals surface area contributed by atoms with Crippen molar-refractivity contribution in [1.82, 2.24) is 9.47 Å². The molecule has 0 spiro atoms. The Kier molecular flexibility index (Phi) is 5.18. The minimum Gasteiger partial charge on any atom is -0.338 e. The Morgan fingerprint density at radius 3 is 2.56 bits per heavy atom. The molecule has 1 aromatic heterocycles. The summed E-state index contributed by atoms with van der Waals surface area (Å²) in [5.74, 6) is 0.320. The molecular formula is C19H23N3O2S. The molecule has 1 aromatic carbocycles. The highest BCUT2D eigenvalue weighted by atomic mass is 32.1. The van der Waals surface area contributed by atoms with Crippen molar-refractivity contribution in [3.05, 3.63) is 45.2 Å². The summed E-state index contributed by atoms with van der Waals surface area (Å²) in [6.45, 7) is 7.91. The van der Waals surface area contributed by atoms with E-state index in [1.165, 1.54) is 11.3 Å². The van der Waals surface area contributed by atoms with Crippen molar-refractivity contribution in [2.45, 2.75) is 46.7 Å². The normalized spacial score (nSPS) is 15.2. The van der Waals surface area contributed by atoms with Crippen molar-refractivity contribution >= 4 is 28.7 Å². The van der Waals surface area contributed by atoms with E-state index < -0.39 is 0 Å². The molecule has 1 amide bonds. The second-order valence-corrected chi connectivity index (χ2v) is 7.27. The first-order chi connectivity index (χ1) is 12.0. The van der Waals surface area contributed by atoms with Crippen LogP contribution >= 0.6 is 11.3 Å². The van der Waals surface area contributed by atoms with Crippen LogP contribution in [0.3, 0.4) is 0 Å². The SMILES string of the molecule is CCn1c(C)c(C(C)=O)s/c1=N/c1ccc(CN2CCCC2=O)cc1. The Hall–Kier alpha value is -2.21. The molecule has 1 aliphatic rings. The third-order valence-corrected chi connectivity index (χ3v) is 5.78. The molecule has 2 heterocycles. The lowest BCUT2D eigenvalue weighted by molar-refractivity contribution is -0.128. The van der Waals surface area contributed by atoms with E-state index in [1.807, 2.05) is 36.1 Å². The molecule has 6 heteroatoms. The third kappa shape index (κ3) is 3.74.